The molecule has 10 heteroatoms. The van der Waals surface area contributed by atoms with E-state index in [1.54, 1.807) is 20.8 Å². The molecule has 0 radical (unpaired) electrons. The van der Waals surface area contributed by atoms with Crippen LogP contribution in [0, 0.1) is 5.92 Å². The molecule has 236 valence electrons. The van der Waals surface area contributed by atoms with Crippen molar-refractivity contribution in [1.82, 2.24) is 10.6 Å². The van der Waals surface area contributed by atoms with Crippen molar-refractivity contribution in [1.29, 1.82) is 0 Å². The lowest BCUT2D eigenvalue weighted by molar-refractivity contribution is -0.145. The number of amides is 2. The highest BCUT2D eigenvalue weighted by atomic mass is 16.6. The molecule has 1 fully saturated rings. The van der Waals surface area contributed by atoms with Crippen LogP contribution in [0.3, 0.4) is 0 Å². The summed E-state index contributed by atoms with van der Waals surface area (Å²) in [6.07, 6.45) is 0.394. The van der Waals surface area contributed by atoms with Gasteiger partial charge in [0.25, 0.3) is 0 Å². The summed E-state index contributed by atoms with van der Waals surface area (Å²) in [5.74, 6) is -0.988. The summed E-state index contributed by atoms with van der Waals surface area (Å²) in [5, 5.41) is 9.74. The van der Waals surface area contributed by atoms with Gasteiger partial charge in [0, 0.05) is 17.9 Å². The monoisotopic (exact) mass is 611 g/mol. The van der Waals surface area contributed by atoms with Crippen molar-refractivity contribution in [3.63, 3.8) is 0 Å². The van der Waals surface area contributed by atoms with Crippen LogP contribution in [-0.2, 0) is 24.6 Å². The molecule has 0 bridgehead atoms. The maximum absolute atomic E-state index is 13.9. The summed E-state index contributed by atoms with van der Waals surface area (Å²) in [6, 6.07) is 28.8. The van der Waals surface area contributed by atoms with Gasteiger partial charge in [0.2, 0.25) is 5.91 Å². The van der Waals surface area contributed by atoms with Crippen LogP contribution in [0.5, 0.6) is 0 Å². The van der Waals surface area contributed by atoms with Gasteiger partial charge in [0.15, 0.2) is 0 Å². The number of carbonyl (C=O) groups excluding carboxylic acids is 3. The third kappa shape index (κ3) is 8.86. The van der Waals surface area contributed by atoms with Crippen molar-refractivity contribution in [3.05, 3.63) is 118 Å². The number of alkyl carbamates (subject to hydrolysis) is 1. The maximum Gasteiger partial charge on any atom is 0.408 e. The van der Waals surface area contributed by atoms with Gasteiger partial charge in [-0.25, -0.2) is 4.79 Å². The zero-order valence-electron chi connectivity index (χ0n) is 26.0. The van der Waals surface area contributed by atoms with Crippen molar-refractivity contribution in [2.75, 3.05) is 6.54 Å². The van der Waals surface area contributed by atoms with E-state index in [1.807, 2.05) is 91.0 Å². The number of cyclic esters (lactones) is 1. The van der Waals surface area contributed by atoms with Crippen molar-refractivity contribution in [2.24, 2.45) is 11.0 Å². The lowest BCUT2D eigenvalue weighted by atomic mass is 9.77. The molecule has 2 amide bonds. The van der Waals surface area contributed by atoms with Crippen LogP contribution < -0.4 is 10.6 Å². The summed E-state index contributed by atoms with van der Waals surface area (Å²) >= 11 is 0. The Morgan fingerprint density at radius 2 is 1.49 bits per heavy atom. The van der Waals surface area contributed by atoms with E-state index >= 15 is 0 Å². The van der Waals surface area contributed by atoms with Gasteiger partial charge in [-0.15, -0.1) is 0 Å². The number of nitrogens with zero attached hydrogens (tertiary/aromatic N) is 3. The van der Waals surface area contributed by atoms with E-state index in [9.17, 15) is 14.4 Å². The Hall–Kier alpha value is -4.82. The van der Waals surface area contributed by atoms with Crippen molar-refractivity contribution >= 4 is 18.0 Å². The fourth-order valence-corrected chi connectivity index (χ4v) is 5.75. The first kappa shape index (κ1) is 33.1. The Labute approximate surface area is 264 Å². The molecule has 1 heterocycles. The average molecular weight is 612 g/mol. The van der Waals surface area contributed by atoms with Gasteiger partial charge in [0.05, 0.1) is 12.0 Å². The molecule has 0 saturated carbocycles. The number of carbonyl (C=O) groups is 3. The van der Waals surface area contributed by atoms with Gasteiger partial charge in [-0.1, -0.05) is 96.1 Å². The average Bonchev–Trinajstić information content (AvgIpc) is 3.40. The minimum absolute atomic E-state index is 0.0459. The second-order valence-electron chi connectivity index (χ2n) is 12.2. The first-order valence-electron chi connectivity index (χ1n) is 15.3. The highest BCUT2D eigenvalue weighted by molar-refractivity contribution is 5.79. The van der Waals surface area contributed by atoms with Crippen LogP contribution in [-0.4, -0.2) is 42.3 Å². The number of ether oxygens (including phenoxy) is 2. The van der Waals surface area contributed by atoms with E-state index in [2.05, 4.69) is 20.7 Å². The highest BCUT2D eigenvalue weighted by Crippen LogP contribution is 2.37. The minimum Gasteiger partial charge on any atom is -0.460 e. The van der Waals surface area contributed by atoms with E-state index < -0.39 is 29.4 Å². The number of hydrogen-bond acceptors (Lipinski definition) is 6. The Bertz CT molecular complexity index is 1370. The zero-order valence-corrected chi connectivity index (χ0v) is 26.0. The molecule has 4 rings (SSSR count). The summed E-state index contributed by atoms with van der Waals surface area (Å²) in [4.78, 5) is 42.3. The largest absolute Gasteiger partial charge is 0.460 e. The SMILES string of the molecule is CC(C)(C)OC(=O)N[C@@H](CCC(=O)NC(c1ccccc1)(c1ccccc1)c1ccccc1)[C@H]1C[C@@H](CCCN=[N+]=[N-])C(=O)O1. The Balaban J connectivity index is 1.58. The van der Waals surface area contributed by atoms with Gasteiger partial charge < -0.3 is 20.1 Å². The fourth-order valence-electron chi connectivity index (χ4n) is 5.75. The van der Waals surface area contributed by atoms with Crippen LogP contribution in [0.15, 0.2) is 96.1 Å². The van der Waals surface area contributed by atoms with E-state index in [0.29, 0.717) is 19.3 Å². The smallest absolute Gasteiger partial charge is 0.408 e. The highest BCUT2D eigenvalue weighted by Gasteiger charge is 2.41. The normalized spacial score (nSPS) is 17.0. The summed E-state index contributed by atoms with van der Waals surface area (Å²) < 4.78 is 11.2. The number of benzene rings is 3. The fraction of sp³-hybridized carbons (Fsp3) is 0.400. The summed E-state index contributed by atoms with van der Waals surface area (Å²) in [7, 11) is 0. The van der Waals surface area contributed by atoms with Crippen molar-refractivity contribution in [2.45, 2.75) is 76.2 Å². The molecule has 0 unspecified atom stereocenters. The third-order valence-electron chi connectivity index (χ3n) is 7.77. The number of azide groups is 1. The molecular formula is C35H41N5O5. The molecule has 3 atom stereocenters. The van der Waals surface area contributed by atoms with Crippen LogP contribution in [0.2, 0.25) is 0 Å². The number of nitrogens with one attached hydrogen (secondary N) is 2. The lowest BCUT2D eigenvalue weighted by Gasteiger charge is -2.37. The van der Waals surface area contributed by atoms with Gasteiger partial charge in [-0.2, -0.15) is 0 Å². The Kier molecular flexibility index (Phi) is 11.2. The van der Waals surface area contributed by atoms with Crippen molar-refractivity contribution in [3.8, 4) is 0 Å². The van der Waals surface area contributed by atoms with Crippen LogP contribution in [0.4, 0.5) is 4.79 Å². The number of esters is 1. The summed E-state index contributed by atoms with van der Waals surface area (Å²) in [5.41, 5.74) is 9.51. The summed E-state index contributed by atoms with van der Waals surface area (Å²) in [6.45, 7) is 5.58. The van der Waals surface area contributed by atoms with Crippen LogP contribution >= 0.6 is 0 Å². The molecular weight excluding hydrogens is 570 g/mol. The molecule has 1 aliphatic heterocycles. The molecule has 45 heavy (non-hydrogen) atoms. The Morgan fingerprint density at radius 3 is 1.98 bits per heavy atom. The Morgan fingerprint density at radius 1 is 0.956 bits per heavy atom. The van der Waals surface area contributed by atoms with Crippen molar-refractivity contribution < 1.29 is 23.9 Å². The second-order valence-corrected chi connectivity index (χ2v) is 12.2. The molecule has 0 spiro atoms. The van der Waals surface area contributed by atoms with Gasteiger partial charge in [-0.3, -0.25) is 9.59 Å². The molecule has 0 aliphatic carbocycles. The lowest BCUT2D eigenvalue weighted by Crippen LogP contribution is -2.49. The number of hydrogen-bond donors (Lipinski definition) is 2. The predicted molar refractivity (Wildman–Crippen MR) is 171 cm³/mol. The molecule has 10 nitrogen and oxygen atoms in total. The molecule has 2 N–H and O–H groups in total. The number of rotatable bonds is 13. The molecule has 3 aromatic carbocycles. The van der Waals surface area contributed by atoms with Crippen LogP contribution in [0.25, 0.3) is 10.4 Å². The first-order chi connectivity index (χ1) is 21.6. The topological polar surface area (TPSA) is 142 Å². The second kappa shape index (κ2) is 15.3. The zero-order chi connectivity index (χ0) is 32.3. The quantitative estimate of drug-likeness (QED) is 0.0546. The van der Waals surface area contributed by atoms with Gasteiger partial charge in [0.1, 0.15) is 17.2 Å². The standard InChI is InChI=1S/C35H41N5O5/c1-34(2,3)45-33(43)38-29(30-24-25(32(42)44-30)14-13-23-37-40-36)21-22-31(41)39-35(26-15-7-4-8-16-26,27-17-9-5-10-18-27)28-19-11-6-12-20-28/h4-12,15-20,25,29-30H,13-14,21-24H2,1-3H3,(H,38,43)(H,39,41)/t25-,29+,30-/m1/s1. The third-order valence-corrected chi connectivity index (χ3v) is 7.77. The maximum atomic E-state index is 13.9. The minimum atomic E-state index is -0.980. The van der Waals surface area contributed by atoms with Crippen LogP contribution in [0.1, 0.15) is 69.6 Å². The van der Waals surface area contributed by atoms with E-state index in [0.717, 1.165) is 16.7 Å². The molecule has 1 aliphatic rings. The van der Waals surface area contributed by atoms with Gasteiger partial charge in [-0.05, 0) is 68.7 Å². The van der Waals surface area contributed by atoms with E-state index in [1.165, 1.54) is 0 Å². The van der Waals surface area contributed by atoms with E-state index in [4.69, 9.17) is 15.0 Å². The molecule has 0 aromatic heterocycles. The first-order valence-corrected chi connectivity index (χ1v) is 15.3. The van der Waals surface area contributed by atoms with E-state index in [-0.39, 0.29) is 37.2 Å². The van der Waals surface area contributed by atoms with Gasteiger partial charge >= 0.3 is 12.1 Å². The molecule has 1 saturated heterocycles. The predicted octanol–water partition coefficient (Wildman–Crippen LogP) is 6.79. The molecule has 3 aromatic rings.